The lowest BCUT2D eigenvalue weighted by atomic mass is 9.81. The monoisotopic (exact) mass is 286 g/mol. The van der Waals surface area contributed by atoms with Gasteiger partial charge >= 0.3 is 0 Å². The Balaban J connectivity index is 1.60. The van der Waals surface area contributed by atoms with E-state index in [0.717, 1.165) is 32.2 Å². The maximum atomic E-state index is 12.4. The van der Waals surface area contributed by atoms with Crippen molar-refractivity contribution in [1.29, 1.82) is 0 Å². The molecule has 0 radical (unpaired) electrons. The molecule has 3 unspecified atom stereocenters. The molecule has 0 bridgehead atoms. The Hall–Kier alpha value is -1.35. The number of carbonyl (C=O) groups excluding carboxylic acids is 1. The molecule has 1 aliphatic carbocycles. The van der Waals surface area contributed by atoms with Gasteiger partial charge in [0.1, 0.15) is 0 Å². The van der Waals surface area contributed by atoms with Crippen LogP contribution in [0.2, 0.25) is 0 Å². The molecule has 1 aliphatic heterocycles. The molecule has 0 spiro atoms. The minimum Gasteiger partial charge on any atom is -0.352 e. The molecule has 1 fully saturated rings. The van der Waals surface area contributed by atoms with Crippen molar-refractivity contribution in [3.63, 3.8) is 0 Å². The van der Waals surface area contributed by atoms with Crippen LogP contribution in [0.25, 0.3) is 0 Å². The van der Waals surface area contributed by atoms with E-state index in [4.69, 9.17) is 0 Å². The Kier molecular flexibility index (Phi) is 4.59. The Labute approximate surface area is 127 Å². The van der Waals surface area contributed by atoms with E-state index in [2.05, 4.69) is 41.8 Å². The van der Waals surface area contributed by atoms with Crippen LogP contribution in [0.4, 0.5) is 0 Å². The third kappa shape index (κ3) is 3.46. The van der Waals surface area contributed by atoms with Gasteiger partial charge in [0.15, 0.2) is 0 Å². The standard InChI is InChI=1S/C18H26N2O/c1-13-17(10-5-11-19-13)20-18(21)12-15-8-4-7-14-6-2-3-9-16(14)15/h2-3,6,9,13,15,17,19H,4-5,7-8,10-12H2,1H3,(H,20,21). The topological polar surface area (TPSA) is 41.1 Å². The highest BCUT2D eigenvalue weighted by atomic mass is 16.1. The van der Waals surface area contributed by atoms with Gasteiger partial charge in [-0.1, -0.05) is 24.3 Å². The van der Waals surface area contributed by atoms with Crippen LogP contribution in [0.15, 0.2) is 24.3 Å². The molecule has 1 aromatic rings. The number of amides is 1. The first kappa shape index (κ1) is 14.6. The van der Waals surface area contributed by atoms with Crippen LogP contribution in [0.3, 0.4) is 0 Å². The molecule has 0 saturated carbocycles. The molecule has 1 aromatic carbocycles. The summed E-state index contributed by atoms with van der Waals surface area (Å²) in [6.45, 7) is 3.24. The first-order valence-corrected chi connectivity index (χ1v) is 8.34. The predicted octanol–water partition coefficient (Wildman–Crippen LogP) is 2.75. The number of fused-ring (bicyclic) bond motifs is 1. The average molecular weight is 286 g/mol. The van der Waals surface area contributed by atoms with E-state index < -0.39 is 0 Å². The largest absolute Gasteiger partial charge is 0.352 e. The molecule has 1 heterocycles. The molecule has 0 aromatic heterocycles. The number of aryl methyl sites for hydroxylation is 1. The number of piperidine rings is 1. The lowest BCUT2D eigenvalue weighted by Crippen LogP contribution is -2.52. The summed E-state index contributed by atoms with van der Waals surface area (Å²) in [5.41, 5.74) is 2.84. The van der Waals surface area contributed by atoms with Crippen LogP contribution in [0.5, 0.6) is 0 Å². The molecule has 2 aliphatic rings. The fourth-order valence-electron chi connectivity index (χ4n) is 3.80. The Bertz CT molecular complexity index is 500. The van der Waals surface area contributed by atoms with Crippen LogP contribution in [-0.4, -0.2) is 24.5 Å². The van der Waals surface area contributed by atoms with Crippen molar-refractivity contribution in [1.82, 2.24) is 10.6 Å². The molecule has 3 rings (SSSR count). The molecular formula is C18H26N2O. The molecule has 21 heavy (non-hydrogen) atoms. The van der Waals surface area contributed by atoms with Crippen molar-refractivity contribution < 1.29 is 4.79 Å². The smallest absolute Gasteiger partial charge is 0.220 e. The van der Waals surface area contributed by atoms with Gasteiger partial charge < -0.3 is 10.6 Å². The summed E-state index contributed by atoms with van der Waals surface area (Å²) >= 11 is 0. The number of rotatable bonds is 3. The fraction of sp³-hybridized carbons (Fsp3) is 0.611. The molecule has 3 heteroatoms. The quantitative estimate of drug-likeness (QED) is 0.897. The Morgan fingerprint density at radius 2 is 2.14 bits per heavy atom. The number of carbonyl (C=O) groups is 1. The highest BCUT2D eigenvalue weighted by Gasteiger charge is 2.26. The second kappa shape index (κ2) is 6.61. The molecular weight excluding hydrogens is 260 g/mol. The first-order valence-electron chi connectivity index (χ1n) is 8.34. The summed E-state index contributed by atoms with van der Waals surface area (Å²) < 4.78 is 0. The zero-order chi connectivity index (χ0) is 14.7. The van der Waals surface area contributed by atoms with Crippen molar-refractivity contribution in [2.24, 2.45) is 0 Å². The average Bonchev–Trinajstić information content (AvgIpc) is 2.50. The molecule has 1 saturated heterocycles. The molecule has 1 amide bonds. The van der Waals surface area contributed by atoms with E-state index in [1.165, 1.54) is 17.5 Å². The number of hydrogen-bond acceptors (Lipinski definition) is 2. The third-order valence-electron chi connectivity index (χ3n) is 5.03. The van der Waals surface area contributed by atoms with Gasteiger partial charge in [0, 0.05) is 18.5 Å². The highest BCUT2D eigenvalue weighted by Crippen LogP contribution is 2.33. The highest BCUT2D eigenvalue weighted by molar-refractivity contribution is 5.77. The number of nitrogens with one attached hydrogen (secondary N) is 2. The third-order valence-corrected chi connectivity index (χ3v) is 5.03. The van der Waals surface area contributed by atoms with Gasteiger partial charge in [0.05, 0.1) is 0 Å². The lowest BCUT2D eigenvalue weighted by molar-refractivity contribution is -0.122. The minimum absolute atomic E-state index is 0.220. The van der Waals surface area contributed by atoms with E-state index >= 15 is 0 Å². The van der Waals surface area contributed by atoms with Crippen LogP contribution < -0.4 is 10.6 Å². The second-order valence-electron chi connectivity index (χ2n) is 6.55. The van der Waals surface area contributed by atoms with Crippen molar-refractivity contribution in [3.05, 3.63) is 35.4 Å². The minimum atomic E-state index is 0.220. The first-order chi connectivity index (χ1) is 10.2. The summed E-state index contributed by atoms with van der Waals surface area (Å²) in [5.74, 6) is 0.624. The summed E-state index contributed by atoms with van der Waals surface area (Å²) in [6, 6.07) is 9.31. The zero-order valence-electron chi connectivity index (χ0n) is 12.9. The van der Waals surface area contributed by atoms with Crippen LogP contribution >= 0.6 is 0 Å². The van der Waals surface area contributed by atoms with Gasteiger partial charge in [-0.05, 0) is 62.6 Å². The number of benzene rings is 1. The van der Waals surface area contributed by atoms with Crippen molar-refractivity contribution in [3.8, 4) is 0 Å². The Morgan fingerprint density at radius 1 is 1.29 bits per heavy atom. The van der Waals surface area contributed by atoms with Gasteiger partial charge in [0.2, 0.25) is 5.91 Å². The summed E-state index contributed by atoms with van der Waals surface area (Å²) in [4.78, 5) is 12.4. The number of hydrogen-bond donors (Lipinski definition) is 2. The van der Waals surface area contributed by atoms with Crippen LogP contribution in [0, 0.1) is 0 Å². The van der Waals surface area contributed by atoms with Gasteiger partial charge in [-0.25, -0.2) is 0 Å². The van der Waals surface area contributed by atoms with Gasteiger partial charge in [0.25, 0.3) is 0 Å². The van der Waals surface area contributed by atoms with Gasteiger partial charge in [-0.2, -0.15) is 0 Å². The summed E-state index contributed by atoms with van der Waals surface area (Å²) in [6.07, 6.45) is 6.40. The fourth-order valence-corrected chi connectivity index (χ4v) is 3.80. The molecule has 3 nitrogen and oxygen atoms in total. The molecule has 2 N–H and O–H groups in total. The van der Waals surface area contributed by atoms with E-state index in [0.29, 0.717) is 24.4 Å². The van der Waals surface area contributed by atoms with Gasteiger partial charge in [-0.15, -0.1) is 0 Å². The normalized spacial score (nSPS) is 28.7. The summed E-state index contributed by atoms with van der Waals surface area (Å²) in [7, 11) is 0. The van der Waals surface area contributed by atoms with E-state index in [1.807, 2.05) is 0 Å². The zero-order valence-corrected chi connectivity index (χ0v) is 12.9. The molecule has 114 valence electrons. The van der Waals surface area contributed by atoms with E-state index in [-0.39, 0.29) is 5.91 Å². The van der Waals surface area contributed by atoms with Crippen LogP contribution in [-0.2, 0) is 11.2 Å². The van der Waals surface area contributed by atoms with Crippen molar-refractivity contribution >= 4 is 5.91 Å². The van der Waals surface area contributed by atoms with E-state index in [1.54, 1.807) is 0 Å². The predicted molar refractivity (Wildman–Crippen MR) is 85.4 cm³/mol. The molecule has 3 atom stereocenters. The summed E-state index contributed by atoms with van der Waals surface area (Å²) in [5, 5.41) is 6.69. The van der Waals surface area contributed by atoms with Gasteiger partial charge in [-0.3, -0.25) is 4.79 Å². The van der Waals surface area contributed by atoms with E-state index in [9.17, 15) is 4.79 Å². The second-order valence-corrected chi connectivity index (χ2v) is 6.55. The van der Waals surface area contributed by atoms with Crippen LogP contribution in [0.1, 0.15) is 56.1 Å². The van der Waals surface area contributed by atoms with Crippen molar-refractivity contribution in [2.45, 2.75) is 63.5 Å². The maximum Gasteiger partial charge on any atom is 0.220 e. The maximum absolute atomic E-state index is 12.4. The SMILES string of the molecule is CC1NCCCC1NC(=O)CC1CCCc2ccccc21. The lowest BCUT2D eigenvalue weighted by Gasteiger charge is -2.31. The Morgan fingerprint density at radius 3 is 3.00 bits per heavy atom. The van der Waals surface area contributed by atoms with Crippen molar-refractivity contribution in [2.75, 3.05) is 6.54 Å².